The fourth-order valence-corrected chi connectivity index (χ4v) is 4.98. The molecule has 47 heavy (non-hydrogen) atoms. The third-order valence-electron chi connectivity index (χ3n) is 7.79. The number of methoxy groups -OCH3 is 1. The number of amides is 1. The van der Waals surface area contributed by atoms with Gasteiger partial charge in [0.1, 0.15) is 17.9 Å². The molecule has 1 aliphatic rings. The molecule has 0 unspecified atom stereocenters. The predicted molar refractivity (Wildman–Crippen MR) is 187 cm³/mol. The van der Waals surface area contributed by atoms with Crippen molar-refractivity contribution >= 4 is 23.3 Å². The molecule has 0 atom stereocenters. The summed E-state index contributed by atoms with van der Waals surface area (Å²) in [5.74, 6) is 0.231. The van der Waals surface area contributed by atoms with Gasteiger partial charge in [-0.25, -0.2) is 0 Å². The largest absolute Gasteiger partial charge is 0.488 e. The van der Waals surface area contributed by atoms with E-state index in [-0.39, 0.29) is 24.6 Å². The number of rotatable bonds is 13. The zero-order valence-corrected chi connectivity index (χ0v) is 28.8. The average molecular weight is 646 g/mol. The van der Waals surface area contributed by atoms with Gasteiger partial charge in [0, 0.05) is 68.5 Å². The van der Waals surface area contributed by atoms with E-state index in [0.29, 0.717) is 44.1 Å². The minimum atomic E-state index is -0.329. The molecule has 1 saturated heterocycles. The molecule has 4 rings (SSSR count). The Labute approximate surface area is 279 Å². The molecule has 2 N–H and O–H groups in total. The first kappa shape index (κ1) is 37.3. The number of allylic oxidation sites excluding steroid dienone is 3. The molecule has 9 nitrogen and oxygen atoms in total. The third kappa shape index (κ3) is 11.2. The molecule has 9 heteroatoms. The van der Waals surface area contributed by atoms with Crippen LogP contribution in [0.1, 0.15) is 57.7 Å². The van der Waals surface area contributed by atoms with E-state index in [0.717, 1.165) is 58.3 Å². The van der Waals surface area contributed by atoms with Gasteiger partial charge in [-0.1, -0.05) is 36.9 Å². The summed E-state index contributed by atoms with van der Waals surface area (Å²) in [5, 5.41) is 0.965. The van der Waals surface area contributed by atoms with Crippen molar-refractivity contribution in [2.45, 2.75) is 66.3 Å². The maximum absolute atomic E-state index is 12.2. The minimum absolute atomic E-state index is 0.0417. The van der Waals surface area contributed by atoms with Crippen LogP contribution < -0.4 is 5.73 Å². The number of carbonyl (C=O) groups is 2. The number of furan rings is 1. The van der Waals surface area contributed by atoms with Crippen molar-refractivity contribution in [1.82, 2.24) is 9.80 Å². The first-order valence-corrected chi connectivity index (χ1v) is 16.1. The molecular formula is C38H51N3O6. The third-order valence-corrected chi connectivity index (χ3v) is 7.79. The zero-order valence-electron chi connectivity index (χ0n) is 28.8. The highest BCUT2D eigenvalue weighted by Crippen LogP contribution is 2.33. The summed E-state index contributed by atoms with van der Waals surface area (Å²) in [6.07, 6.45) is 8.05. The van der Waals surface area contributed by atoms with E-state index in [2.05, 4.69) is 35.7 Å². The summed E-state index contributed by atoms with van der Waals surface area (Å²) in [6.45, 7) is 18.3. The number of fused-ring (bicyclic) bond motifs is 1. The molecule has 2 heterocycles. The molecule has 1 fully saturated rings. The van der Waals surface area contributed by atoms with Gasteiger partial charge in [-0.05, 0) is 75.6 Å². The molecule has 0 spiro atoms. The molecule has 0 saturated carbocycles. The lowest BCUT2D eigenvalue weighted by molar-refractivity contribution is -0.142. The number of carbonyl (C=O) groups excluding carboxylic acids is 2. The molecular weight excluding hydrogens is 594 g/mol. The Morgan fingerprint density at radius 2 is 1.79 bits per heavy atom. The molecule has 3 aromatic rings. The van der Waals surface area contributed by atoms with Crippen LogP contribution in [-0.4, -0.2) is 67.7 Å². The summed E-state index contributed by atoms with van der Waals surface area (Å²) in [7, 11) is 1.71. The fraction of sp³-hybridized carbons (Fsp3) is 0.421. The van der Waals surface area contributed by atoms with Crippen LogP contribution in [0.3, 0.4) is 0 Å². The molecule has 1 amide bonds. The number of nitrogens with two attached hydrogens (primary N) is 1. The smallest absolute Gasteiger partial charge is 0.310 e. The maximum Gasteiger partial charge on any atom is 0.310 e. The normalized spacial score (nSPS) is 14.4. The number of esters is 1. The summed E-state index contributed by atoms with van der Waals surface area (Å²) in [6, 6.07) is 12.6. The Morgan fingerprint density at radius 3 is 2.38 bits per heavy atom. The highest BCUT2D eigenvalue weighted by molar-refractivity contribution is 5.89. The topological polar surface area (TPSA) is 107 Å². The quantitative estimate of drug-likeness (QED) is 0.0942. The van der Waals surface area contributed by atoms with E-state index in [1.807, 2.05) is 52.0 Å². The van der Waals surface area contributed by atoms with Gasteiger partial charge in [0.15, 0.2) is 0 Å². The van der Waals surface area contributed by atoms with Crippen molar-refractivity contribution in [1.29, 1.82) is 0 Å². The van der Waals surface area contributed by atoms with Gasteiger partial charge in [-0.3, -0.25) is 14.5 Å². The van der Waals surface area contributed by atoms with Crippen molar-refractivity contribution < 1.29 is 28.2 Å². The van der Waals surface area contributed by atoms with E-state index < -0.39 is 0 Å². The van der Waals surface area contributed by atoms with E-state index in [1.165, 1.54) is 0 Å². The molecule has 1 aromatic heterocycles. The van der Waals surface area contributed by atoms with Gasteiger partial charge in [0.25, 0.3) is 0 Å². The second kappa shape index (κ2) is 18.2. The van der Waals surface area contributed by atoms with Crippen molar-refractivity contribution in [3.05, 3.63) is 95.5 Å². The monoisotopic (exact) mass is 645 g/mol. The molecule has 0 aliphatic carbocycles. The van der Waals surface area contributed by atoms with Crippen LogP contribution in [0.4, 0.5) is 0 Å². The van der Waals surface area contributed by atoms with Crippen LogP contribution in [0.15, 0.2) is 83.2 Å². The number of nitrogens with zero attached hydrogens (tertiary/aromatic N) is 2. The van der Waals surface area contributed by atoms with Crippen molar-refractivity contribution in [2.75, 3.05) is 39.9 Å². The standard InChI is InChI=1S/C33H39N3O5.C5H12O/c1-4-8-31(25(5-2)18-32(38)39-6-3)40-21-29-22-41-33-28(20-35-11-13-36(23-37)14-12-35)16-27(17-30(29)33)26-10-7-9-24(15-26)19-34;1-5(2,3)6-4/h4-5,7-10,15-17,22-23H,2,6,11-14,18-21,34H2,1,3H3;1-4H3/b8-4-,31-25-;. The Bertz CT molecular complexity index is 1540. The molecule has 0 bridgehead atoms. The van der Waals surface area contributed by atoms with Crippen LogP contribution in [0.25, 0.3) is 22.1 Å². The van der Waals surface area contributed by atoms with Crippen LogP contribution in [0, 0.1) is 0 Å². The van der Waals surface area contributed by atoms with E-state index in [1.54, 1.807) is 31.3 Å². The van der Waals surface area contributed by atoms with Crippen molar-refractivity contribution in [2.24, 2.45) is 5.73 Å². The van der Waals surface area contributed by atoms with Crippen molar-refractivity contribution in [3.8, 4) is 11.1 Å². The van der Waals surface area contributed by atoms with Gasteiger partial charge in [-0.2, -0.15) is 0 Å². The Hall–Kier alpha value is -4.18. The molecule has 1 aliphatic heterocycles. The molecule has 2 aromatic carbocycles. The Balaban J connectivity index is 0.000000913. The van der Waals surface area contributed by atoms with Crippen LogP contribution in [0.5, 0.6) is 0 Å². The second-order valence-electron chi connectivity index (χ2n) is 12.3. The van der Waals surface area contributed by atoms with Gasteiger partial charge in [0.05, 0.1) is 24.9 Å². The Morgan fingerprint density at radius 1 is 1.06 bits per heavy atom. The van der Waals surface area contributed by atoms with Gasteiger partial charge < -0.3 is 29.3 Å². The van der Waals surface area contributed by atoms with Crippen molar-refractivity contribution in [3.63, 3.8) is 0 Å². The first-order chi connectivity index (χ1) is 22.5. The SMILES string of the molecule is C=C/C(CC(=O)OCC)=C(\C=C/C)OCc1coc2c(CN3CCN(C=O)CC3)cc(-c3cccc(CN)c3)cc12.COC(C)(C)C. The summed E-state index contributed by atoms with van der Waals surface area (Å²) in [4.78, 5) is 27.5. The van der Waals surface area contributed by atoms with E-state index in [4.69, 9.17) is 24.4 Å². The van der Waals surface area contributed by atoms with E-state index in [9.17, 15) is 9.59 Å². The second-order valence-corrected chi connectivity index (χ2v) is 12.3. The van der Waals surface area contributed by atoms with Crippen LogP contribution in [-0.2, 0) is 43.5 Å². The lowest BCUT2D eigenvalue weighted by Gasteiger charge is -2.32. The first-order valence-electron chi connectivity index (χ1n) is 16.1. The average Bonchev–Trinajstić information content (AvgIpc) is 3.49. The maximum atomic E-state index is 12.2. The van der Waals surface area contributed by atoms with Crippen LogP contribution >= 0.6 is 0 Å². The minimum Gasteiger partial charge on any atom is -0.488 e. The highest BCUT2D eigenvalue weighted by Gasteiger charge is 2.20. The summed E-state index contributed by atoms with van der Waals surface area (Å²) >= 11 is 0. The fourth-order valence-electron chi connectivity index (χ4n) is 4.98. The Kier molecular flexibility index (Phi) is 14.5. The van der Waals surface area contributed by atoms with Gasteiger partial charge in [-0.15, -0.1) is 0 Å². The summed E-state index contributed by atoms with van der Waals surface area (Å²) in [5.41, 5.74) is 12.6. The lowest BCUT2D eigenvalue weighted by atomic mass is 9.97. The highest BCUT2D eigenvalue weighted by atomic mass is 16.5. The predicted octanol–water partition coefficient (Wildman–Crippen LogP) is 6.75. The molecule has 254 valence electrons. The molecule has 0 radical (unpaired) electrons. The van der Waals surface area contributed by atoms with Crippen LogP contribution in [0.2, 0.25) is 0 Å². The lowest BCUT2D eigenvalue weighted by Crippen LogP contribution is -2.45. The zero-order chi connectivity index (χ0) is 34.4. The summed E-state index contributed by atoms with van der Waals surface area (Å²) < 4.78 is 22.5. The number of ether oxygens (including phenoxy) is 3. The van der Waals surface area contributed by atoms with Gasteiger partial charge in [0.2, 0.25) is 6.41 Å². The number of piperazine rings is 1. The number of hydrogen-bond donors (Lipinski definition) is 1. The number of benzene rings is 2. The van der Waals surface area contributed by atoms with Gasteiger partial charge >= 0.3 is 5.97 Å². The number of hydrogen-bond acceptors (Lipinski definition) is 8. The van der Waals surface area contributed by atoms with E-state index >= 15 is 0 Å².